The summed E-state index contributed by atoms with van der Waals surface area (Å²) >= 11 is 0. The number of benzene rings is 1. The molecule has 2 aromatic rings. The zero-order valence-electron chi connectivity index (χ0n) is 16.8. The molecule has 0 fully saturated rings. The van der Waals surface area contributed by atoms with Crippen LogP contribution >= 0.6 is 0 Å². The first-order chi connectivity index (χ1) is 14.3. The van der Waals surface area contributed by atoms with E-state index >= 15 is 0 Å². The zero-order chi connectivity index (χ0) is 22.0. The van der Waals surface area contributed by atoms with Crippen LogP contribution in [0.2, 0.25) is 0 Å². The minimum Gasteiger partial charge on any atom is -0.469 e. The predicted molar refractivity (Wildman–Crippen MR) is 109 cm³/mol. The SMILES string of the molecule is C/C(=N\OCc1ccc(C(C)(F)F)cc1)c1ccc(OC/C(=N/N)NCCO)nc1. The molecular formula is C20H25F2N5O3. The topological polar surface area (TPSA) is 114 Å². The predicted octanol–water partition coefficient (Wildman–Crippen LogP) is 2.37. The number of nitrogens with zero attached hydrogens (tertiary/aromatic N) is 3. The average molecular weight is 421 g/mol. The zero-order valence-corrected chi connectivity index (χ0v) is 16.8. The van der Waals surface area contributed by atoms with Crippen molar-refractivity contribution in [3.05, 3.63) is 59.3 Å². The lowest BCUT2D eigenvalue weighted by Crippen LogP contribution is -2.32. The summed E-state index contributed by atoms with van der Waals surface area (Å²) < 4.78 is 31.9. The summed E-state index contributed by atoms with van der Waals surface area (Å²) in [5, 5.41) is 19.2. The number of aliphatic hydroxyl groups is 1. The summed E-state index contributed by atoms with van der Waals surface area (Å²) in [6.07, 6.45) is 1.58. The number of hydrogen-bond acceptors (Lipinski definition) is 7. The molecule has 30 heavy (non-hydrogen) atoms. The van der Waals surface area contributed by atoms with Crippen LogP contribution in [0.3, 0.4) is 0 Å². The molecule has 0 radical (unpaired) electrons. The van der Waals surface area contributed by atoms with Crippen molar-refractivity contribution < 1.29 is 23.5 Å². The molecule has 1 aromatic heterocycles. The lowest BCUT2D eigenvalue weighted by atomic mass is 10.1. The largest absolute Gasteiger partial charge is 0.469 e. The number of aromatic nitrogens is 1. The molecule has 0 spiro atoms. The standard InChI is InChI=1S/C20H25F2N5O3/c1-14(27-30-12-15-3-6-17(7-4-15)20(2,21)22)16-5-8-19(25-11-16)29-13-18(26-23)24-9-10-28/h3-8,11,28H,9-10,12-13,23H2,1-2H3,(H,24,26)/b27-14+. The number of nitrogens with two attached hydrogens (primary N) is 1. The van der Waals surface area contributed by atoms with Gasteiger partial charge in [0.25, 0.3) is 5.92 Å². The molecule has 0 bridgehead atoms. The van der Waals surface area contributed by atoms with Gasteiger partial charge in [0, 0.05) is 36.9 Å². The molecule has 0 aliphatic carbocycles. The maximum atomic E-state index is 13.2. The highest BCUT2D eigenvalue weighted by Gasteiger charge is 2.23. The van der Waals surface area contributed by atoms with Crippen molar-refractivity contribution in [3.8, 4) is 5.88 Å². The summed E-state index contributed by atoms with van der Waals surface area (Å²) in [6, 6.07) is 9.34. The number of pyridine rings is 1. The summed E-state index contributed by atoms with van der Waals surface area (Å²) in [5.41, 5.74) is 2.01. The Kier molecular flexibility index (Phi) is 8.48. The van der Waals surface area contributed by atoms with Crippen LogP contribution < -0.4 is 15.9 Å². The molecule has 8 nitrogen and oxygen atoms in total. The fourth-order valence-corrected chi connectivity index (χ4v) is 2.31. The first-order valence-corrected chi connectivity index (χ1v) is 9.18. The Hall–Kier alpha value is -3.27. The lowest BCUT2D eigenvalue weighted by molar-refractivity contribution is 0.0174. The first kappa shape index (κ1) is 23.0. The van der Waals surface area contributed by atoms with Gasteiger partial charge >= 0.3 is 0 Å². The molecule has 0 aliphatic rings. The van der Waals surface area contributed by atoms with E-state index in [-0.39, 0.29) is 25.4 Å². The summed E-state index contributed by atoms with van der Waals surface area (Å²) in [7, 11) is 0. The van der Waals surface area contributed by atoms with Crippen molar-refractivity contribution >= 4 is 11.5 Å². The van der Waals surface area contributed by atoms with Crippen molar-refractivity contribution in [2.75, 3.05) is 19.8 Å². The second kappa shape index (κ2) is 11.1. The molecule has 1 aromatic carbocycles. The second-order valence-corrected chi connectivity index (χ2v) is 6.44. The Morgan fingerprint density at radius 3 is 2.53 bits per heavy atom. The van der Waals surface area contributed by atoms with E-state index in [1.54, 1.807) is 37.4 Å². The third kappa shape index (κ3) is 7.28. The number of hydrogen-bond donors (Lipinski definition) is 3. The number of alkyl halides is 2. The van der Waals surface area contributed by atoms with Gasteiger partial charge in [-0.2, -0.15) is 5.10 Å². The van der Waals surface area contributed by atoms with E-state index in [0.29, 0.717) is 24.0 Å². The molecular weight excluding hydrogens is 396 g/mol. The van der Waals surface area contributed by atoms with Crippen molar-refractivity contribution in [2.45, 2.75) is 26.4 Å². The van der Waals surface area contributed by atoms with Crippen LogP contribution in [0.5, 0.6) is 5.88 Å². The van der Waals surface area contributed by atoms with Gasteiger partial charge < -0.3 is 25.8 Å². The third-order valence-electron chi connectivity index (χ3n) is 4.00. The van der Waals surface area contributed by atoms with Crippen LogP contribution in [-0.2, 0) is 17.4 Å². The number of ether oxygens (including phenoxy) is 1. The van der Waals surface area contributed by atoms with E-state index in [1.807, 2.05) is 0 Å². The fourth-order valence-electron chi connectivity index (χ4n) is 2.31. The van der Waals surface area contributed by atoms with Gasteiger partial charge in [-0.3, -0.25) is 0 Å². The normalized spacial score (nSPS) is 12.6. The van der Waals surface area contributed by atoms with Gasteiger partial charge in [-0.1, -0.05) is 29.4 Å². The molecule has 0 unspecified atom stereocenters. The van der Waals surface area contributed by atoms with Gasteiger partial charge in [0.2, 0.25) is 5.88 Å². The minimum atomic E-state index is -2.87. The average Bonchev–Trinajstić information content (AvgIpc) is 2.74. The Morgan fingerprint density at radius 2 is 1.97 bits per heavy atom. The van der Waals surface area contributed by atoms with Crippen LogP contribution in [0.25, 0.3) is 0 Å². The van der Waals surface area contributed by atoms with Crippen LogP contribution in [-0.4, -0.2) is 41.4 Å². The lowest BCUT2D eigenvalue weighted by Gasteiger charge is -2.11. The van der Waals surface area contributed by atoms with Gasteiger partial charge in [0.1, 0.15) is 13.2 Å². The van der Waals surface area contributed by atoms with Crippen LogP contribution in [0.1, 0.15) is 30.5 Å². The van der Waals surface area contributed by atoms with Crippen molar-refractivity contribution in [1.82, 2.24) is 10.3 Å². The van der Waals surface area contributed by atoms with Gasteiger partial charge in [-0.05, 0) is 18.6 Å². The number of rotatable bonds is 10. The molecule has 4 N–H and O–H groups in total. The summed E-state index contributed by atoms with van der Waals surface area (Å²) in [4.78, 5) is 9.49. The number of halogens is 2. The third-order valence-corrected chi connectivity index (χ3v) is 4.00. The number of nitrogens with one attached hydrogen (secondary N) is 1. The van der Waals surface area contributed by atoms with Gasteiger partial charge in [0.05, 0.1) is 12.3 Å². The quantitative estimate of drug-likeness (QED) is 0.235. The minimum absolute atomic E-state index is 0.0478. The molecule has 2 rings (SSSR count). The Morgan fingerprint density at radius 1 is 1.23 bits per heavy atom. The van der Waals surface area contributed by atoms with E-state index in [0.717, 1.165) is 18.1 Å². The summed E-state index contributed by atoms with van der Waals surface area (Å²) in [5.74, 6) is 3.12. The Balaban J connectivity index is 1.86. The summed E-state index contributed by atoms with van der Waals surface area (Å²) in [6.45, 7) is 3.13. The number of aliphatic hydroxyl groups excluding tert-OH is 1. The number of oxime groups is 1. The monoisotopic (exact) mass is 421 g/mol. The molecule has 1 heterocycles. The smallest absolute Gasteiger partial charge is 0.270 e. The fraction of sp³-hybridized carbons (Fsp3) is 0.350. The number of amidine groups is 1. The molecule has 162 valence electrons. The molecule has 0 saturated heterocycles. The van der Waals surface area contributed by atoms with E-state index < -0.39 is 5.92 Å². The second-order valence-electron chi connectivity index (χ2n) is 6.44. The van der Waals surface area contributed by atoms with E-state index in [2.05, 4.69) is 20.6 Å². The number of hydrazone groups is 1. The molecule has 0 aliphatic heterocycles. The highest BCUT2D eigenvalue weighted by molar-refractivity contribution is 5.98. The Bertz CT molecular complexity index is 850. The van der Waals surface area contributed by atoms with Gasteiger partial charge in [0.15, 0.2) is 5.84 Å². The molecule has 0 atom stereocenters. The van der Waals surface area contributed by atoms with Crippen molar-refractivity contribution in [1.29, 1.82) is 0 Å². The molecule has 0 amide bonds. The maximum Gasteiger partial charge on any atom is 0.270 e. The van der Waals surface area contributed by atoms with Crippen LogP contribution in [0.4, 0.5) is 8.78 Å². The molecule has 10 heteroatoms. The van der Waals surface area contributed by atoms with Gasteiger partial charge in [-0.25, -0.2) is 13.8 Å². The van der Waals surface area contributed by atoms with Gasteiger partial charge in [-0.15, -0.1) is 0 Å². The highest BCUT2D eigenvalue weighted by atomic mass is 19.3. The van der Waals surface area contributed by atoms with E-state index in [9.17, 15) is 8.78 Å². The Labute approximate surface area is 173 Å². The van der Waals surface area contributed by atoms with Crippen molar-refractivity contribution in [2.24, 2.45) is 16.1 Å². The van der Waals surface area contributed by atoms with E-state index in [4.69, 9.17) is 20.5 Å². The van der Waals surface area contributed by atoms with E-state index in [1.165, 1.54) is 12.1 Å². The van der Waals surface area contributed by atoms with Crippen molar-refractivity contribution in [3.63, 3.8) is 0 Å². The highest BCUT2D eigenvalue weighted by Crippen LogP contribution is 2.26. The molecule has 0 saturated carbocycles. The van der Waals surface area contributed by atoms with Crippen LogP contribution in [0, 0.1) is 0 Å². The first-order valence-electron chi connectivity index (χ1n) is 9.18. The van der Waals surface area contributed by atoms with Crippen LogP contribution in [0.15, 0.2) is 52.9 Å². The maximum absolute atomic E-state index is 13.2.